The largest absolute Gasteiger partial charge is 0.344 e. The van der Waals surface area contributed by atoms with Gasteiger partial charge in [-0.05, 0) is 69.4 Å². The zero-order chi connectivity index (χ0) is 27.6. The van der Waals surface area contributed by atoms with Crippen LogP contribution < -0.4 is 10.6 Å². The molecular weight excluding hydrogens is 509 g/mol. The molecule has 1 saturated heterocycles. The maximum atomic E-state index is 14.3. The third-order valence-corrected chi connectivity index (χ3v) is 9.49. The summed E-state index contributed by atoms with van der Waals surface area (Å²) in [6, 6.07) is 3.72. The maximum Gasteiger partial charge on any atom is 0.249 e. The Kier molecular flexibility index (Phi) is 6.30. The van der Waals surface area contributed by atoms with Gasteiger partial charge in [0.2, 0.25) is 23.6 Å². The molecule has 0 unspecified atom stereocenters. The highest BCUT2D eigenvalue weighted by Crippen LogP contribution is 2.64. The number of nitrogens with zero attached hydrogens (tertiary/aromatic N) is 2. The Hall–Kier alpha value is -2.91. The second kappa shape index (κ2) is 9.34. The first-order valence-corrected chi connectivity index (χ1v) is 14.1. The van der Waals surface area contributed by atoms with Gasteiger partial charge in [0.05, 0.1) is 17.6 Å². The van der Waals surface area contributed by atoms with E-state index in [4.69, 9.17) is 0 Å². The number of fused-ring (bicyclic) bond motifs is 1. The summed E-state index contributed by atoms with van der Waals surface area (Å²) in [4.78, 5) is 46.4. The molecule has 3 aliphatic carbocycles. The fourth-order valence-electron chi connectivity index (χ4n) is 7.15. The van der Waals surface area contributed by atoms with Crippen LogP contribution in [0.5, 0.6) is 0 Å². The normalized spacial score (nSPS) is 26.5. The highest BCUT2D eigenvalue weighted by Gasteiger charge is 2.63. The lowest BCUT2D eigenvalue weighted by Gasteiger charge is -2.56. The number of amides is 3. The summed E-state index contributed by atoms with van der Waals surface area (Å²) in [5.41, 5.74) is 0.567. The van der Waals surface area contributed by atoms with Gasteiger partial charge in [-0.1, -0.05) is 6.07 Å². The number of piperidine rings is 1. The van der Waals surface area contributed by atoms with Gasteiger partial charge in [0.25, 0.3) is 0 Å². The predicted octanol–water partition coefficient (Wildman–Crippen LogP) is 4.20. The first-order chi connectivity index (χ1) is 18.5. The van der Waals surface area contributed by atoms with Crippen molar-refractivity contribution in [1.29, 1.82) is 0 Å². The third-order valence-electron chi connectivity index (χ3n) is 9.49. The number of aliphatic imine (C=N–C) groups is 1. The first kappa shape index (κ1) is 26.3. The molecule has 39 heavy (non-hydrogen) atoms. The van der Waals surface area contributed by atoms with Gasteiger partial charge in [-0.25, -0.2) is 13.2 Å². The Labute approximate surface area is 226 Å². The molecule has 0 aromatic heterocycles. The summed E-state index contributed by atoms with van der Waals surface area (Å²) in [7, 11) is 0. The molecule has 2 aliphatic heterocycles. The van der Waals surface area contributed by atoms with E-state index in [0.717, 1.165) is 19.3 Å². The number of hydrogen-bond acceptors (Lipinski definition) is 4. The van der Waals surface area contributed by atoms with E-state index in [1.54, 1.807) is 17.0 Å². The highest BCUT2D eigenvalue weighted by atomic mass is 19.3. The SMILES string of the molecule is C[C@@H]1CCCCN1C(=O)C[C@@H](NC(=O)C1CC2(C1)CC(F)(F)C2)C(=O)NC1(C2=Nc3cccc(F)c3C2)CC1. The fourth-order valence-corrected chi connectivity index (χ4v) is 7.15. The maximum absolute atomic E-state index is 14.3. The Bertz CT molecular complexity index is 1230. The molecule has 5 aliphatic rings. The van der Waals surface area contributed by atoms with Crippen LogP contribution in [0.3, 0.4) is 0 Å². The van der Waals surface area contributed by atoms with Crippen molar-refractivity contribution in [3.05, 3.63) is 29.6 Å². The smallest absolute Gasteiger partial charge is 0.249 e. The molecule has 2 atom stereocenters. The molecular formula is C29H35F3N4O3. The van der Waals surface area contributed by atoms with Crippen molar-refractivity contribution in [1.82, 2.24) is 15.5 Å². The van der Waals surface area contributed by atoms with Crippen LogP contribution in [0.4, 0.5) is 18.9 Å². The molecule has 4 fully saturated rings. The van der Waals surface area contributed by atoms with E-state index in [2.05, 4.69) is 15.6 Å². The number of alkyl halides is 2. The number of halogens is 3. The van der Waals surface area contributed by atoms with Crippen LogP contribution >= 0.6 is 0 Å². The molecule has 1 aromatic rings. The summed E-state index contributed by atoms with van der Waals surface area (Å²) in [5, 5.41) is 5.83. The first-order valence-electron chi connectivity index (χ1n) is 14.1. The van der Waals surface area contributed by atoms with Gasteiger partial charge in [-0.3, -0.25) is 19.4 Å². The minimum atomic E-state index is -2.65. The lowest BCUT2D eigenvalue weighted by Crippen LogP contribution is -2.59. The second-order valence-electron chi connectivity index (χ2n) is 12.6. The van der Waals surface area contributed by atoms with Crippen molar-refractivity contribution in [3.8, 4) is 0 Å². The van der Waals surface area contributed by atoms with Crippen LogP contribution in [-0.4, -0.2) is 58.4 Å². The van der Waals surface area contributed by atoms with Crippen LogP contribution in [-0.2, 0) is 20.8 Å². The van der Waals surface area contributed by atoms with Crippen molar-refractivity contribution in [2.75, 3.05) is 6.54 Å². The molecule has 3 saturated carbocycles. The van der Waals surface area contributed by atoms with Crippen LogP contribution in [0.1, 0.15) is 76.7 Å². The Morgan fingerprint density at radius 2 is 1.90 bits per heavy atom. The number of hydrogen-bond donors (Lipinski definition) is 2. The van der Waals surface area contributed by atoms with Gasteiger partial charge in [0, 0.05) is 49.0 Å². The second-order valence-corrected chi connectivity index (χ2v) is 12.6. The summed E-state index contributed by atoms with van der Waals surface area (Å²) in [6.07, 6.45) is 4.63. The standard InChI is InChI=1S/C29H35F3N4O3/c1-17-5-2-3-10-36(17)24(37)12-22(34-25(38)18-13-27(14-18)15-29(31,32)16-27)26(39)35-28(8-9-28)23-11-19-20(30)6-4-7-21(19)33-23/h4,6-7,17-18,22H,2-3,5,8-16H2,1H3,(H,34,38)(H,35,39)/t17-,22-/m1/s1. The number of carbonyl (C=O) groups is 3. The van der Waals surface area contributed by atoms with Gasteiger partial charge in [-0.2, -0.15) is 0 Å². The number of nitrogens with one attached hydrogen (secondary N) is 2. The molecule has 3 amide bonds. The molecule has 6 rings (SSSR count). The quantitative estimate of drug-likeness (QED) is 0.539. The minimum Gasteiger partial charge on any atom is -0.344 e. The van der Waals surface area contributed by atoms with E-state index in [1.165, 1.54) is 6.07 Å². The summed E-state index contributed by atoms with van der Waals surface area (Å²) in [5.74, 6) is -4.45. The monoisotopic (exact) mass is 544 g/mol. The van der Waals surface area contributed by atoms with Gasteiger partial charge in [0.1, 0.15) is 11.9 Å². The van der Waals surface area contributed by atoms with E-state index in [1.807, 2.05) is 6.92 Å². The molecule has 0 radical (unpaired) electrons. The lowest BCUT2D eigenvalue weighted by atomic mass is 9.50. The molecule has 210 valence electrons. The van der Waals surface area contributed by atoms with Crippen molar-refractivity contribution in [2.45, 2.75) is 101 Å². The van der Waals surface area contributed by atoms with Gasteiger partial charge in [0.15, 0.2) is 0 Å². The Morgan fingerprint density at radius 3 is 2.54 bits per heavy atom. The number of rotatable bonds is 7. The van der Waals surface area contributed by atoms with Crippen molar-refractivity contribution < 1.29 is 27.6 Å². The minimum absolute atomic E-state index is 0.0634. The van der Waals surface area contributed by atoms with Crippen molar-refractivity contribution in [2.24, 2.45) is 16.3 Å². The van der Waals surface area contributed by atoms with Crippen LogP contribution in [0.25, 0.3) is 0 Å². The van der Waals surface area contributed by atoms with Gasteiger partial charge < -0.3 is 15.5 Å². The molecule has 7 nitrogen and oxygen atoms in total. The molecule has 1 aromatic carbocycles. The van der Waals surface area contributed by atoms with Crippen molar-refractivity contribution in [3.63, 3.8) is 0 Å². The van der Waals surface area contributed by atoms with Crippen LogP contribution in [0, 0.1) is 17.2 Å². The molecule has 1 spiro atoms. The van der Waals surface area contributed by atoms with Gasteiger partial charge in [-0.15, -0.1) is 0 Å². The highest BCUT2D eigenvalue weighted by molar-refractivity contribution is 6.06. The number of carbonyl (C=O) groups excluding carboxylic acids is 3. The Morgan fingerprint density at radius 1 is 1.15 bits per heavy atom. The van der Waals surface area contributed by atoms with Gasteiger partial charge >= 0.3 is 0 Å². The summed E-state index contributed by atoms with van der Waals surface area (Å²) < 4.78 is 41.2. The van der Waals surface area contributed by atoms with Crippen LogP contribution in [0.2, 0.25) is 0 Å². The topological polar surface area (TPSA) is 90.9 Å². The van der Waals surface area contributed by atoms with E-state index in [9.17, 15) is 27.6 Å². The average Bonchev–Trinajstić information content (AvgIpc) is 3.47. The van der Waals surface area contributed by atoms with E-state index >= 15 is 0 Å². The van der Waals surface area contributed by atoms with E-state index in [0.29, 0.717) is 55.6 Å². The Balaban J connectivity index is 1.14. The summed E-state index contributed by atoms with van der Waals surface area (Å²) >= 11 is 0. The fraction of sp³-hybridized carbons (Fsp3) is 0.655. The third kappa shape index (κ3) is 4.95. The van der Waals surface area contributed by atoms with E-state index < -0.39 is 34.7 Å². The lowest BCUT2D eigenvalue weighted by molar-refractivity contribution is -0.207. The van der Waals surface area contributed by atoms with Crippen LogP contribution in [0.15, 0.2) is 23.2 Å². The molecule has 2 N–H and O–H groups in total. The summed E-state index contributed by atoms with van der Waals surface area (Å²) in [6.45, 7) is 2.60. The molecule has 2 heterocycles. The number of benzene rings is 1. The molecule has 0 bridgehead atoms. The average molecular weight is 545 g/mol. The zero-order valence-corrected chi connectivity index (χ0v) is 22.2. The predicted molar refractivity (Wildman–Crippen MR) is 138 cm³/mol. The molecule has 10 heteroatoms. The zero-order valence-electron chi connectivity index (χ0n) is 22.2. The number of likely N-dealkylation sites (tertiary alicyclic amines) is 1. The van der Waals surface area contributed by atoms with E-state index in [-0.39, 0.29) is 42.9 Å². The van der Waals surface area contributed by atoms with Crippen molar-refractivity contribution >= 4 is 29.1 Å².